The molecule has 1 aromatic heterocycles. The zero-order valence-corrected chi connectivity index (χ0v) is 14.1. The first-order valence-corrected chi connectivity index (χ1v) is 8.06. The Morgan fingerprint density at radius 2 is 2.00 bits per heavy atom. The predicted octanol–water partition coefficient (Wildman–Crippen LogP) is 4.84. The van der Waals surface area contributed by atoms with Crippen LogP contribution in [0.4, 0.5) is 22.9 Å². The summed E-state index contributed by atoms with van der Waals surface area (Å²) < 4.78 is 0. The van der Waals surface area contributed by atoms with Gasteiger partial charge < -0.3 is 5.32 Å². The Hall–Kier alpha value is -3.45. The number of anilines is 2. The van der Waals surface area contributed by atoms with Gasteiger partial charge >= 0.3 is 0 Å². The van der Waals surface area contributed by atoms with Gasteiger partial charge in [-0.1, -0.05) is 36.4 Å². The molecule has 0 saturated carbocycles. The molecule has 4 rings (SSSR count). The summed E-state index contributed by atoms with van der Waals surface area (Å²) in [5.74, 6) is 0.511. The van der Waals surface area contributed by atoms with Gasteiger partial charge in [-0.25, -0.2) is 4.99 Å². The van der Waals surface area contributed by atoms with Crippen LogP contribution in [0.2, 0.25) is 5.02 Å². The largest absolute Gasteiger partial charge is 0.336 e. The summed E-state index contributed by atoms with van der Waals surface area (Å²) in [6.07, 6.45) is 1.61. The number of nitrogens with one attached hydrogen (secondary N) is 2. The fourth-order valence-electron chi connectivity index (χ4n) is 2.80. The minimum absolute atomic E-state index is 0.0321. The van der Waals surface area contributed by atoms with E-state index in [9.17, 15) is 10.1 Å². The molecule has 128 valence electrons. The molecule has 0 spiro atoms. The van der Waals surface area contributed by atoms with Crippen LogP contribution in [0.15, 0.2) is 54.0 Å². The Morgan fingerprint density at radius 3 is 2.73 bits per heavy atom. The number of H-pyrrole nitrogens is 1. The number of aromatic amines is 1. The van der Waals surface area contributed by atoms with E-state index < -0.39 is 4.92 Å². The second-order valence-corrected chi connectivity index (χ2v) is 6.00. The van der Waals surface area contributed by atoms with Gasteiger partial charge in [-0.15, -0.1) is 0 Å². The third kappa shape index (κ3) is 2.55. The minimum Gasteiger partial charge on any atom is -0.336 e. The average Bonchev–Trinajstić information content (AvgIpc) is 2.94. The molecule has 0 amide bonds. The summed E-state index contributed by atoms with van der Waals surface area (Å²) in [5, 5.41) is 22.0. The number of halogens is 1. The lowest BCUT2D eigenvalue weighted by atomic mass is 10.00. The number of aromatic nitrogens is 2. The average molecular weight is 366 g/mol. The first-order valence-electron chi connectivity index (χ1n) is 7.68. The van der Waals surface area contributed by atoms with Crippen molar-refractivity contribution < 1.29 is 4.92 Å². The number of nitro benzene ring substituents is 1. The second-order valence-electron chi connectivity index (χ2n) is 5.59. The molecule has 0 saturated heterocycles. The molecule has 1 aliphatic heterocycles. The number of fused-ring (bicyclic) bond motifs is 2. The summed E-state index contributed by atoms with van der Waals surface area (Å²) >= 11 is 6.38. The first kappa shape index (κ1) is 16.0. The number of benzene rings is 2. The molecular formula is C18H12ClN5O2. The van der Waals surface area contributed by atoms with E-state index >= 15 is 0 Å². The number of aliphatic imine (C=N–C) groups is 1. The Balaban J connectivity index is 2.04. The van der Waals surface area contributed by atoms with Crippen molar-refractivity contribution in [2.24, 2.45) is 4.99 Å². The van der Waals surface area contributed by atoms with Gasteiger partial charge in [0, 0.05) is 34.0 Å². The molecule has 1 aliphatic rings. The van der Waals surface area contributed by atoms with E-state index in [4.69, 9.17) is 16.6 Å². The van der Waals surface area contributed by atoms with E-state index in [0.29, 0.717) is 44.7 Å². The van der Waals surface area contributed by atoms with Crippen LogP contribution in [0.5, 0.6) is 0 Å². The zero-order valence-electron chi connectivity index (χ0n) is 13.4. The van der Waals surface area contributed by atoms with Gasteiger partial charge in [0.15, 0.2) is 5.82 Å². The zero-order chi connectivity index (χ0) is 18.3. The third-order valence-electron chi connectivity index (χ3n) is 4.05. The van der Waals surface area contributed by atoms with E-state index in [2.05, 4.69) is 22.1 Å². The minimum atomic E-state index is -0.441. The Morgan fingerprint density at radius 1 is 1.19 bits per heavy atom. The van der Waals surface area contributed by atoms with Gasteiger partial charge in [0.2, 0.25) is 0 Å². The molecule has 8 heteroatoms. The highest BCUT2D eigenvalue weighted by atomic mass is 35.5. The summed E-state index contributed by atoms with van der Waals surface area (Å²) in [7, 11) is 0. The lowest BCUT2D eigenvalue weighted by Gasteiger charge is -2.11. The highest BCUT2D eigenvalue weighted by Gasteiger charge is 2.24. The maximum atomic E-state index is 11.2. The van der Waals surface area contributed by atoms with Crippen LogP contribution in [-0.4, -0.2) is 20.8 Å². The molecule has 26 heavy (non-hydrogen) atoms. The van der Waals surface area contributed by atoms with Crippen molar-refractivity contribution in [2.45, 2.75) is 0 Å². The number of hydrogen-bond donors (Lipinski definition) is 2. The lowest BCUT2D eigenvalue weighted by Crippen LogP contribution is -2.07. The first-order chi connectivity index (χ1) is 12.6. The van der Waals surface area contributed by atoms with Crippen molar-refractivity contribution in [3.63, 3.8) is 0 Å². The van der Waals surface area contributed by atoms with Gasteiger partial charge in [-0.2, -0.15) is 5.10 Å². The summed E-state index contributed by atoms with van der Waals surface area (Å²) in [5.41, 5.74) is 3.57. The molecule has 2 heterocycles. The van der Waals surface area contributed by atoms with Crippen LogP contribution < -0.4 is 5.32 Å². The van der Waals surface area contributed by atoms with E-state index in [-0.39, 0.29) is 5.69 Å². The predicted molar refractivity (Wildman–Crippen MR) is 102 cm³/mol. The van der Waals surface area contributed by atoms with Crippen LogP contribution in [0.25, 0.3) is 6.08 Å². The maximum Gasteiger partial charge on any atom is 0.270 e. The number of nitrogens with zero attached hydrogens (tertiary/aromatic N) is 3. The smallest absolute Gasteiger partial charge is 0.270 e. The number of rotatable bonds is 3. The van der Waals surface area contributed by atoms with Crippen LogP contribution >= 0.6 is 11.6 Å². The van der Waals surface area contributed by atoms with Crippen molar-refractivity contribution in [1.82, 2.24) is 10.2 Å². The topological polar surface area (TPSA) is 96.2 Å². The Labute approximate surface area is 153 Å². The van der Waals surface area contributed by atoms with Crippen molar-refractivity contribution in [3.8, 4) is 0 Å². The molecule has 0 bridgehead atoms. The highest BCUT2D eigenvalue weighted by molar-refractivity contribution is 6.36. The quantitative estimate of drug-likeness (QED) is 0.401. The van der Waals surface area contributed by atoms with Crippen molar-refractivity contribution in [2.75, 3.05) is 5.32 Å². The van der Waals surface area contributed by atoms with Crippen molar-refractivity contribution in [1.29, 1.82) is 0 Å². The Kier molecular flexibility index (Phi) is 3.78. The number of non-ortho nitro benzene ring substituents is 1. The SMILES string of the molecule is C=Cc1[nH]nc2c1N=C(c1ccccc1Cl)c1cc([N+](=O)[O-])ccc1N2. The molecular weight excluding hydrogens is 354 g/mol. The molecule has 0 atom stereocenters. The van der Waals surface area contributed by atoms with Crippen LogP contribution in [0, 0.1) is 10.1 Å². The van der Waals surface area contributed by atoms with E-state index in [0.717, 1.165) is 0 Å². The molecule has 0 unspecified atom stereocenters. The van der Waals surface area contributed by atoms with E-state index in [1.807, 2.05) is 18.2 Å². The van der Waals surface area contributed by atoms with Gasteiger partial charge in [0.1, 0.15) is 5.69 Å². The van der Waals surface area contributed by atoms with Crippen LogP contribution in [0.3, 0.4) is 0 Å². The van der Waals surface area contributed by atoms with Gasteiger partial charge in [0.05, 0.1) is 16.3 Å². The van der Waals surface area contributed by atoms with Crippen molar-refractivity contribution >= 4 is 46.3 Å². The standard InChI is InChI=1S/C18H12ClN5O2/c1-2-14-17-18(23-22-14)20-15-8-7-10(24(25)26)9-12(15)16(21-17)11-5-3-4-6-13(11)19/h2-9H,1H2,(H2,20,22,23). The van der Waals surface area contributed by atoms with Crippen LogP contribution in [-0.2, 0) is 0 Å². The lowest BCUT2D eigenvalue weighted by molar-refractivity contribution is -0.384. The molecule has 2 aromatic carbocycles. The summed E-state index contributed by atoms with van der Waals surface area (Å²) in [4.78, 5) is 15.5. The molecule has 0 aliphatic carbocycles. The molecule has 0 fully saturated rings. The van der Waals surface area contributed by atoms with E-state index in [1.54, 1.807) is 18.2 Å². The molecule has 3 aromatic rings. The fourth-order valence-corrected chi connectivity index (χ4v) is 3.03. The van der Waals surface area contributed by atoms with Gasteiger partial charge in [0.25, 0.3) is 5.69 Å². The summed E-state index contributed by atoms with van der Waals surface area (Å²) in [6.45, 7) is 3.76. The summed E-state index contributed by atoms with van der Waals surface area (Å²) in [6, 6.07) is 11.8. The van der Waals surface area contributed by atoms with Crippen molar-refractivity contribution in [3.05, 3.63) is 81.0 Å². The fraction of sp³-hybridized carbons (Fsp3) is 0. The van der Waals surface area contributed by atoms with Gasteiger partial charge in [-0.05, 0) is 18.2 Å². The third-order valence-corrected chi connectivity index (χ3v) is 4.38. The van der Waals surface area contributed by atoms with E-state index in [1.165, 1.54) is 12.1 Å². The highest BCUT2D eigenvalue weighted by Crippen LogP contribution is 2.38. The molecule has 7 nitrogen and oxygen atoms in total. The molecule has 2 N–H and O–H groups in total. The number of hydrogen-bond acceptors (Lipinski definition) is 5. The van der Waals surface area contributed by atoms with Crippen LogP contribution in [0.1, 0.15) is 16.8 Å². The second kappa shape index (κ2) is 6.12. The normalized spacial score (nSPS) is 12.3. The van der Waals surface area contributed by atoms with Gasteiger partial charge in [-0.3, -0.25) is 15.2 Å². The monoisotopic (exact) mass is 365 g/mol. The maximum absolute atomic E-state index is 11.2. The number of nitro groups is 1. The molecule has 0 radical (unpaired) electrons. The Bertz CT molecular complexity index is 1090.